The number of aromatic nitrogens is 2. The Bertz CT molecular complexity index is 1030. The first-order chi connectivity index (χ1) is 13.5. The van der Waals surface area contributed by atoms with E-state index in [0.29, 0.717) is 16.9 Å². The van der Waals surface area contributed by atoms with Crippen LogP contribution in [0.3, 0.4) is 0 Å². The van der Waals surface area contributed by atoms with Crippen LogP contribution in [0.25, 0.3) is 5.65 Å². The van der Waals surface area contributed by atoms with E-state index in [4.69, 9.17) is 4.74 Å². The molecular weight excluding hydrogens is 354 g/mol. The van der Waals surface area contributed by atoms with E-state index in [1.54, 1.807) is 24.4 Å². The summed E-state index contributed by atoms with van der Waals surface area (Å²) in [7, 11) is 2.04. The minimum absolute atomic E-state index is 0.0450. The molecule has 6 nitrogen and oxygen atoms in total. The molecule has 0 atom stereocenters. The Morgan fingerprint density at radius 1 is 1.18 bits per heavy atom. The minimum Gasteiger partial charge on any atom is -0.456 e. The molecule has 0 spiro atoms. The number of pyridine rings is 1. The Labute approximate surface area is 164 Å². The molecule has 0 saturated carbocycles. The number of carbonyl (C=O) groups is 1. The number of fused-ring (bicyclic) bond motifs is 1. The first kappa shape index (κ1) is 19.6. The smallest absolute Gasteiger partial charge is 0.338 e. The molecule has 1 aromatic carbocycles. The van der Waals surface area contributed by atoms with Gasteiger partial charge in [-0.05, 0) is 49.2 Å². The maximum Gasteiger partial charge on any atom is 0.338 e. The van der Waals surface area contributed by atoms with Gasteiger partial charge in [-0.2, -0.15) is 0 Å². The molecule has 0 N–H and O–H groups in total. The van der Waals surface area contributed by atoms with Gasteiger partial charge < -0.3 is 9.64 Å². The number of esters is 1. The second-order valence-electron chi connectivity index (χ2n) is 6.92. The predicted octanol–water partition coefficient (Wildman–Crippen LogP) is 3.60. The minimum atomic E-state index is -0.436. The third-order valence-electron chi connectivity index (χ3n) is 4.60. The van der Waals surface area contributed by atoms with Crippen molar-refractivity contribution in [2.75, 3.05) is 18.5 Å². The van der Waals surface area contributed by atoms with Gasteiger partial charge in [-0.25, -0.2) is 9.78 Å². The zero-order valence-electron chi connectivity index (χ0n) is 16.5. The number of benzene rings is 1. The Hall–Kier alpha value is -3.15. The van der Waals surface area contributed by atoms with Crippen LogP contribution in [0.1, 0.15) is 41.4 Å². The van der Waals surface area contributed by atoms with Crippen LogP contribution in [0, 0.1) is 6.92 Å². The van der Waals surface area contributed by atoms with Crippen molar-refractivity contribution in [3.63, 3.8) is 0 Å². The van der Waals surface area contributed by atoms with Crippen molar-refractivity contribution in [3.8, 4) is 0 Å². The Morgan fingerprint density at radius 2 is 1.93 bits per heavy atom. The number of carbonyl (C=O) groups excluding carboxylic acids is 1. The molecule has 0 bridgehead atoms. The van der Waals surface area contributed by atoms with Gasteiger partial charge in [0, 0.05) is 31.5 Å². The van der Waals surface area contributed by atoms with Crippen molar-refractivity contribution in [1.82, 2.24) is 9.38 Å². The molecule has 2 heterocycles. The van der Waals surface area contributed by atoms with Crippen molar-refractivity contribution >= 4 is 17.3 Å². The van der Waals surface area contributed by atoms with Crippen LogP contribution in [-0.2, 0) is 11.3 Å². The molecule has 0 unspecified atom stereocenters. The SMILES string of the molecule is CCCCN(C)c1ccc(C(=O)OCc2cc(=O)n3cc(C)ccc3n2)cc1. The molecule has 0 saturated heterocycles. The Balaban J connectivity index is 1.66. The van der Waals surface area contributed by atoms with Gasteiger partial charge in [0.1, 0.15) is 12.3 Å². The number of aryl methyl sites for hydroxylation is 1. The van der Waals surface area contributed by atoms with Crippen molar-refractivity contribution in [3.05, 3.63) is 75.8 Å². The molecule has 0 radical (unpaired) electrons. The van der Waals surface area contributed by atoms with Gasteiger partial charge in [0.05, 0.1) is 11.3 Å². The first-order valence-electron chi connectivity index (χ1n) is 9.45. The number of nitrogens with zero attached hydrogens (tertiary/aromatic N) is 3. The highest BCUT2D eigenvalue weighted by Crippen LogP contribution is 2.15. The van der Waals surface area contributed by atoms with Gasteiger partial charge in [-0.15, -0.1) is 0 Å². The molecule has 0 aliphatic rings. The van der Waals surface area contributed by atoms with E-state index in [1.165, 1.54) is 10.5 Å². The maximum absolute atomic E-state index is 12.3. The van der Waals surface area contributed by atoms with Crippen LogP contribution in [0.4, 0.5) is 5.69 Å². The van der Waals surface area contributed by atoms with Crippen molar-refractivity contribution in [1.29, 1.82) is 0 Å². The molecule has 28 heavy (non-hydrogen) atoms. The molecule has 3 rings (SSSR count). The summed E-state index contributed by atoms with van der Waals surface area (Å²) in [5, 5.41) is 0. The normalized spacial score (nSPS) is 10.8. The number of hydrogen-bond acceptors (Lipinski definition) is 5. The molecule has 2 aromatic heterocycles. The number of rotatable bonds is 7. The third kappa shape index (κ3) is 4.57. The molecular formula is C22H25N3O3. The summed E-state index contributed by atoms with van der Waals surface area (Å²) < 4.78 is 6.82. The quantitative estimate of drug-likeness (QED) is 0.587. The van der Waals surface area contributed by atoms with Crippen LogP contribution in [0.5, 0.6) is 0 Å². The number of anilines is 1. The monoisotopic (exact) mass is 379 g/mol. The average Bonchev–Trinajstić information content (AvgIpc) is 2.71. The highest BCUT2D eigenvalue weighted by Gasteiger charge is 2.10. The van der Waals surface area contributed by atoms with Gasteiger partial charge in [0.15, 0.2) is 0 Å². The lowest BCUT2D eigenvalue weighted by Gasteiger charge is -2.19. The van der Waals surface area contributed by atoms with Gasteiger partial charge >= 0.3 is 5.97 Å². The maximum atomic E-state index is 12.3. The highest BCUT2D eigenvalue weighted by atomic mass is 16.5. The van der Waals surface area contributed by atoms with Gasteiger partial charge in [-0.3, -0.25) is 9.20 Å². The van der Waals surface area contributed by atoms with E-state index in [1.807, 2.05) is 32.2 Å². The second-order valence-corrected chi connectivity index (χ2v) is 6.92. The predicted molar refractivity (Wildman–Crippen MR) is 110 cm³/mol. The Kier molecular flexibility index (Phi) is 6.09. The van der Waals surface area contributed by atoms with E-state index in [9.17, 15) is 9.59 Å². The number of unbranched alkanes of at least 4 members (excludes halogenated alkanes) is 1. The summed E-state index contributed by atoms with van der Waals surface area (Å²) in [6.45, 7) is 5.00. The van der Waals surface area contributed by atoms with E-state index >= 15 is 0 Å². The molecule has 0 aliphatic carbocycles. The van der Waals surface area contributed by atoms with Crippen molar-refractivity contribution in [2.45, 2.75) is 33.3 Å². The van der Waals surface area contributed by atoms with Crippen LogP contribution in [0.2, 0.25) is 0 Å². The molecule has 6 heteroatoms. The summed E-state index contributed by atoms with van der Waals surface area (Å²) in [5.74, 6) is -0.436. The van der Waals surface area contributed by atoms with E-state index in [-0.39, 0.29) is 12.2 Å². The lowest BCUT2D eigenvalue weighted by atomic mass is 10.2. The molecule has 146 valence electrons. The lowest BCUT2D eigenvalue weighted by molar-refractivity contribution is 0.0467. The highest BCUT2D eigenvalue weighted by molar-refractivity contribution is 5.89. The van der Waals surface area contributed by atoms with Gasteiger partial charge in [0.25, 0.3) is 5.56 Å². The molecule has 0 aliphatic heterocycles. The molecule has 0 fully saturated rings. The fourth-order valence-corrected chi connectivity index (χ4v) is 2.93. The summed E-state index contributed by atoms with van der Waals surface area (Å²) in [6.07, 6.45) is 4.00. The van der Waals surface area contributed by atoms with E-state index in [2.05, 4.69) is 16.8 Å². The van der Waals surface area contributed by atoms with Crippen molar-refractivity contribution < 1.29 is 9.53 Å². The number of hydrogen-bond donors (Lipinski definition) is 0. The van der Waals surface area contributed by atoms with E-state index in [0.717, 1.165) is 30.6 Å². The summed E-state index contributed by atoms with van der Waals surface area (Å²) in [6, 6.07) is 12.4. The summed E-state index contributed by atoms with van der Waals surface area (Å²) >= 11 is 0. The fourth-order valence-electron chi connectivity index (χ4n) is 2.93. The summed E-state index contributed by atoms with van der Waals surface area (Å²) in [5.41, 5.74) is 3.27. The Morgan fingerprint density at radius 3 is 2.64 bits per heavy atom. The van der Waals surface area contributed by atoms with Crippen molar-refractivity contribution in [2.24, 2.45) is 0 Å². The fraction of sp³-hybridized carbons (Fsp3) is 0.318. The average molecular weight is 379 g/mol. The summed E-state index contributed by atoms with van der Waals surface area (Å²) in [4.78, 5) is 31.1. The van der Waals surface area contributed by atoms with Crippen LogP contribution >= 0.6 is 0 Å². The third-order valence-corrected chi connectivity index (χ3v) is 4.60. The lowest BCUT2D eigenvalue weighted by Crippen LogP contribution is -2.18. The largest absolute Gasteiger partial charge is 0.456 e. The van der Waals surface area contributed by atoms with Gasteiger partial charge in [-0.1, -0.05) is 19.4 Å². The topological polar surface area (TPSA) is 63.9 Å². The second kappa shape index (κ2) is 8.69. The standard InChI is InChI=1S/C22H25N3O3/c1-4-5-12-24(3)19-9-7-17(8-10-19)22(27)28-15-18-13-21(26)25-14-16(2)6-11-20(25)23-18/h6-11,13-14H,4-5,12,15H2,1-3H3. The van der Waals surface area contributed by atoms with Gasteiger partial charge in [0.2, 0.25) is 0 Å². The zero-order chi connectivity index (χ0) is 20.1. The van der Waals surface area contributed by atoms with E-state index < -0.39 is 5.97 Å². The zero-order valence-corrected chi connectivity index (χ0v) is 16.5. The molecule has 0 amide bonds. The first-order valence-corrected chi connectivity index (χ1v) is 9.45. The number of ether oxygens (including phenoxy) is 1. The van der Waals surface area contributed by atoms with Crippen LogP contribution in [-0.4, -0.2) is 28.9 Å². The van der Waals surface area contributed by atoms with Crippen LogP contribution < -0.4 is 10.5 Å². The molecule has 3 aromatic rings. The van der Waals surface area contributed by atoms with Crippen LogP contribution in [0.15, 0.2) is 53.5 Å².